The molecule has 1 aromatic carbocycles. The molecule has 0 heterocycles. The summed E-state index contributed by atoms with van der Waals surface area (Å²) in [7, 11) is -2.18. The van der Waals surface area contributed by atoms with E-state index in [2.05, 4.69) is 4.72 Å². The lowest BCUT2D eigenvalue weighted by Crippen LogP contribution is -2.27. The smallest absolute Gasteiger partial charge is 0.244 e. The zero-order valence-electron chi connectivity index (χ0n) is 10.8. The van der Waals surface area contributed by atoms with Crippen LogP contribution < -0.4 is 9.46 Å². The lowest BCUT2D eigenvalue weighted by Gasteiger charge is -2.12. The molecule has 0 radical (unpaired) electrons. The van der Waals surface area contributed by atoms with Crippen molar-refractivity contribution in [1.29, 1.82) is 0 Å². The van der Waals surface area contributed by atoms with Crippen molar-refractivity contribution in [1.82, 2.24) is 4.72 Å². The van der Waals surface area contributed by atoms with Gasteiger partial charge in [0.25, 0.3) is 0 Å². The summed E-state index contributed by atoms with van der Waals surface area (Å²) in [5.41, 5.74) is 0.606. The number of nitrogens with one attached hydrogen (secondary N) is 1. The van der Waals surface area contributed by atoms with Gasteiger partial charge >= 0.3 is 0 Å². The number of aliphatic hydroxyl groups is 1. The van der Waals surface area contributed by atoms with E-state index >= 15 is 0 Å². The van der Waals surface area contributed by atoms with Gasteiger partial charge in [-0.15, -0.1) is 0 Å². The van der Waals surface area contributed by atoms with Crippen LogP contribution in [0.15, 0.2) is 23.1 Å². The molecule has 0 bridgehead atoms. The fourth-order valence-corrected chi connectivity index (χ4v) is 2.75. The molecular formula is C12H19NO4S. The molecule has 5 nitrogen and oxygen atoms in total. The number of ether oxygens (including phenoxy) is 1. The molecule has 0 atom stereocenters. The average Bonchev–Trinajstić information content (AvgIpc) is 2.35. The molecule has 1 rings (SSSR count). The average molecular weight is 273 g/mol. The Bertz CT molecular complexity index is 497. The molecular weight excluding hydrogens is 254 g/mol. The molecule has 1 aromatic rings. The van der Waals surface area contributed by atoms with Gasteiger partial charge in [0.15, 0.2) is 0 Å². The summed E-state index contributed by atoms with van der Waals surface area (Å²) in [6.45, 7) is 4.06. The van der Waals surface area contributed by atoms with Crippen LogP contribution in [0, 0.1) is 5.92 Å². The Morgan fingerprint density at radius 3 is 2.56 bits per heavy atom. The molecule has 0 unspecified atom stereocenters. The normalized spacial score (nSPS) is 11.8. The van der Waals surface area contributed by atoms with Gasteiger partial charge < -0.3 is 9.84 Å². The number of sulfonamides is 1. The Morgan fingerprint density at radius 1 is 1.39 bits per heavy atom. The van der Waals surface area contributed by atoms with Gasteiger partial charge in [-0.2, -0.15) is 0 Å². The Labute approximate surface area is 108 Å². The minimum Gasteiger partial charge on any atom is -0.495 e. The van der Waals surface area contributed by atoms with E-state index < -0.39 is 10.0 Å². The van der Waals surface area contributed by atoms with Crippen LogP contribution in [0.2, 0.25) is 0 Å². The van der Waals surface area contributed by atoms with Crippen LogP contribution in [0.4, 0.5) is 0 Å². The lowest BCUT2D eigenvalue weighted by atomic mass is 10.2. The van der Waals surface area contributed by atoms with Crippen molar-refractivity contribution in [3.63, 3.8) is 0 Å². The highest BCUT2D eigenvalue weighted by Crippen LogP contribution is 2.24. The summed E-state index contributed by atoms with van der Waals surface area (Å²) in [6.07, 6.45) is 0. The minimum atomic E-state index is -3.58. The van der Waals surface area contributed by atoms with E-state index in [1.165, 1.54) is 19.2 Å². The summed E-state index contributed by atoms with van der Waals surface area (Å²) < 4.78 is 31.7. The number of hydrogen-bond acceptors (Lipinski definition) is 4. The van der Waals surface area contributed by atoms with Crippen LogP contribution >= 0.6 is 0 Å². The van der Waals surface area contributed by atoms with Crippen molar-refractivity contribution in [3.8, 4) is 5.75 Å². The Balaban J connectivity index is 3.08. The van der Waals surface area contributed by atoms with Crippen molar-refractivity contribution >= 4 is 10.0 Å². The second-order valence-electron chi connectivity index (χ2n) is 4.39. The summed E-state index contributed by atoms with van der Waals surface area (Å²) in [4.78, 5) is 0.0860. The largest absolute Gasteiger partial charge is 0.495 e. The molecule has 102 valence electrons. The molecule has 0 aliphatic heterocycles. The second-order valence-corrected chi connectivity index (χ2v) is 6.12. The quantitative estimate of drug-likeness (QED) is 0.814. The van der Waals surface area contributed by atoms with Crippen LogP contribution in [-0.2, 0) is 16.6 Å². The van der Waals surface area contributed by atoms with Gasteiger partial charge in [0.2, 0.25) is 10.0 Å². The summed E-state index contributed by atoms with van der Waals surface area (Å²) >= 11 is 0. The van der Waals surface area contributed by atoms with Gasteiger partial charge in [-0.05, 0) is 23.6 Å². The van der Waals surface area contributed by atoms with Crippen LogP contribution in [0.1, 0.15) is 19.4 Å². The SMILES string of the molecule is COc1cc(CO)ccc1S(=O)(=O)NCC(C)C. The van der Waals surface area contributed by atoms with E-state index in [-0.39, 0.29) is 23.2 Å². The number of methoxy groups -OCH3 is 1. The van der Waals surface area contributed by atoms with Crippen LogP contribution in [0.25, 0.3) is 0 Å². The van der Waals surface area contributed by atoms with Gasteiger partial charge in [0.1, 0.15) is 10.6 Å². The van der Waals surface area contributed by atoms with E-state index in [9.17, 15) is 8.42 Å². The molecule has 0 saturated heterocycles. The summed E-state index contributed by atoms with van der Waals surface area (Å²) in [5.74, 6) is 0.459. The maximum Gasteiger partial charge on any atom is 0.244 e. The molecule has 0 aliphatic rings. The third kappa shape index (κ3) is 3.69. The van der Waals surface area contributed by atoms with E-state index in [0.717, 1.165) is 0 Å². The first-order valence-electron chi connectivity index (χ1n) is 5.68. The molecule has 0 amide bonds. The first kappa shape index (κ1) is 14.9. The maximum atomic E-state index is 12.1. The number of benzene rings is 1. The zero-order valence-corrected chi connectivity index (χ0v) is 11.6. The standard InChI is InChI=1S/C12H19NO4S/c1-9(2)7-13-18(15,16)12-5-4-10(8-14)6-11(12)17-3/h4-6,9,13-14H,7-8H2,1-3H3. The molecule has 0 aliphatic carbocycles. The van der Waals surface area contributed by atoms with Crippen molar-refractivity contribution in [2.24, 2.45) is 5.92 Å². The Morgan fingerprint density at radius 2 is 2.06 bits per heavy atom. The molecule has 0 spiro atoms. The van der Waals surface area contributed by atoms with Crippen LogP contribution in [-0.4, -0.2) is 27.2 Å². The van der Waals surface area contributed by atoms with Crippen molar-refractivity contribution in [2.75, 3.05) is 13.7 Å². The monoisotopic (exact) mass is 273 g/mol. The molecule has 0 saturated carbocycles. The van der Waals surface area contributed by atoms with Crippen molar-refractivity contribution < 1.29 is 18.3 Å². The molecule has 2 N–H and O–H groups in total. The topological polar surface area (TPSA) is 75.6 Å². The molecule has 6 heteroatoms. The van der Waals surface area contributed by atoms with E-state index in [1.54, 1.807) is 6.07 Å². The molecule has 0 fully saturated rings. The van der Waals surface area contributed by atoms with Gasteiger partial charge in [-0.25, -0.2) is 13.1 Å². The van der Waals surface area contributed by atoms with E-state index in [4.69, 9.17) is 9.84 Å². The highest BCUT2D eigenvalue weighted by atomic mass is 32.2. The fourth-order valence-electron chi connectivity index (χ4n) is 1.39. The van der Waals surface area contributed by atoms with Crippen molar-refractivity contribution in [3.05, 3.63) is 23.8 Å². The third-order valence-electron chi connectivity index (χ3n) is 2.38. The van der Waals surface area contributed by atoms with Crippen molar-refractivity contribution in [2.45, 2.75) is 25.3 Å². The predicted molar refractivity (Wildman–Crippen MR) is 68.9 cm³/mol. The predicted octanol–water partition coefficient (Wildman–Crippen LogP) is 1.12. The number of aliphatic hydroxyl groups excluding tert-OH is 1. The Hall–Kier alpha value is -1.11. The molecule has 18 heavy (non-hydrogen) atoms. The van der Waals surface area contributed by atoms with Gasteiger partial charge in [-0.1, -0.05) is 19.9 Å². The number of hydrogen-bond donors (Lipinski definition) is 2. The molecule has 0 aromatic heterocycles. The summed E-state index contributed by atoms with van der Waals surface area (Å²) in [5, 5.41) is 9.01. The minimum absolute atomic E-state index is 0.0860. The first-order chi connectivity index (χ1) is 8.40. The maximum absolute atomic E-state index is 12.1. The number of rotatable bonds is 6. The highest BCUT2D eigenvalue weighted by molar-refractivity contribution is 7.89. The zero-order chi connectivity index (χ0) is 13.8. The van der Waals surface area contributed by atoms with Crippen LogP contribution in [0.5, 0.6) is 5.75 Å². The van der Waals surface area contributed by atoms with Gasteiger partial charge in [0, 0.05) is 6.54 Å². The van der Waals surface area contributed by atoms with Crippen LogP contribution in [0.3, 0.4) is 0 Å². The second kappa shape index (κ2) is 6.17. The van der Waals surface area contributed by atoms with Gasteiger partial charge in [0.05, 0.1) is 13.7 Å². The fraction of sp³-hybridized carbons (Fsp3) is 0.500. The van der Waals surface area contributed by atoms with Gasteiger partial charge in [-0.3, -0.25) is 0 Å². The lowest BCUT2D eigenvalue weighted by molar-refractivity contribution is 0.280. The Kier molecular flexibility index (Phi) is 5.13. The highest BCUT2D eigenvalue weighted by Gasteiger charge is 2.19. The first-order valence-corrected chi connectivity index (χ1v) is 7.16. The van der Waals surface area contributed by atoms with E-state index in [0.29, 0.717) is 12.1 Å². The summed E-state index contributed by atoms with van der Waals surface area (Å²) in [6, 6.07) is 4.52. The van der Waals surface area contributed by atoms with E-state index in [1.807, 2.05) is 13.8 Å². The third-order valence-corrected chi connectivity index (χ3v) is 3.84.